The molecule has 0 aliphatic heterocycles. The van der Waals surface area contributed by atoms with Crippen molar-refractivity contribution in [3.63, 3.8) is 0 Å². The van der Waals surface area contributed by atoms with Gasteiger partial charge in [-0.05, 0) is 49.3 Å². The lowest BCUT2D eigenvalue weighted by atomic mass is 9.86. The molecule has 0 aromatic heterocycles. The molecule has 1 fully saturated rings. The van der Waals surface area contributed by atoms with E-state index < -0.39 is 0 Å². The first-order valence-electron chi connectivity index (χ1n) is 8.97. The summed E-state index contributed by atoms with van der Waals surface area (Å²) in [6.45, 7) is 2.28. The second-order valence-electron chi connectivity index (χ2n) is 7.03. The van der Waals surface area contributed by atoms with Crippen molar-refractivity contribution in [2.75, 3.05) is 7.05 Å². The van der Waals surface area contributed by atoms with Gasteiger partial charge in [-0.1, -0.05) is 43.3 Å². The van der Waals surface area contributed by atoms with E-state index in [2.05, 4.69) is 13.0 Å². The van der Waals surface area contributed by atoms with E-state index in [4.69, 9.17) is 0 Å². The van der Waals surface area contributed by atoms with Gasteiger partial charge in [0, 0.05) is 24.2 Å². The van der Waals surface area contributed by atoms with Crippen LogP contribution in [0.25, 0.3) is 11.1 Å². The van der Waals surface area contributed by atoms with Gasteiger partial charge in [-0.25, -0.2) is 0 Å². The van der Waals surface area contributed by atoms with Gasteiger partial charge in [0.05, 0.1) is 11.6 Å². The van der Waals surface area contributed by atoms with Crippen molar-refractivity contribution >= 4 is 5.91 Å². The van der Waals surface area contributed by atoms with Crippen LogP contribution in [0.4, 0.5) is 0 Å². The number of carbonyl (C=O) groups excluding carboxylic acids is 1. The van der Waals surface area contributed by atoms with Gasteiger partial charge in [0.2, 0.25) is 0 Å². The molecule has 0 radical (unpaired) electrons. The maximum Gasteiger partial charge on any atom is 0.254 e. The molecule has 3 rings (SSSR count). The van der Waals surface area contributed by atoms with Crippen molar-refractivity contribution in [2.24, 2.45) is 5.92 Å². The van der Waals surface area contributed by atoms with Gasteiger partial charge in [-0.3, -0.25) is 4.79 Å². The van der Waals surface area contributed by atoms with Gasteiger partial charge < -0.3 is 4.90 Å². The van der Waals surface area contributed by atoms with Gasteiger partial charge in [0.15, 0.2) is 0 Å². The molecule has 3 nitrogen and oxygen atoms in total. The lowest BCUT2D eigenvalue weighted by Crippen LogP contribution is -2.39. The van der Waals surface area contributed by atoms with E-state index in [1.807, 2.05) is 54.4 Å². The number of hydrogen-bond acceptors (Lipinski definition) is 2. The summed E-state index contributed by atoms with van der Waals surface area (Å²) in [5.41, 5.74) is 2.92. The second kappa shape index (κ2) is 7.53. The van der Waals surface area contributed by atoms with E-state index in [0.29, 0.717) is 17.2 Å². The van der Waals surface area contributed by atoms with E-state index in [1.165, 1.54) is 12.8 Å². The van der Waals surface area contributed by atoms with Gasteiger partial charge in [-0.15, -0.1) is 0 Å². The molecule has 0 unspecified atom stereocenters. The Bertz CT molecular complexity index is 798. The quantitative estimate of drug-likeness (QED) is 0.804. The van der Waals surface area contributed by atoms with Crippen LogP contribution in [0.3, 0.4) is 0 Å². The molecule has 2 aromatic rings. The summed E-state index contributed by atoms with van der Waals surface area (Å²) in [5.74, 6) is 0.803. The fourth-order valence-electron chi connectivity index (χ4n) is 3.71. The van der Waals surface area contributed by atoms with E-state index in [9.17, 15) is 10.1 Å². The Morgan fingerprint density at radius 2 is 1.60 bits per heavy atom. The van der Waals surface area contributed by atoms with Crippen molar-refractivity contribution in [1.82, 2.24) is 4.90 Å². The molecule has 2 aromatic carbocycles. The first-order valence-corrected chi connectivity index (χ1v) is 8.97. The molecular weight excluding hydrogens is 308 g/mol. The predicted molar refractivity (Wildman–Crippen MR) is 100 cm³/mol. The largest absolute Gasteiger partial charge is 0.339 e. The van der Waals surface area contributed by atoms with Gasteiger partial charge in [0.1, 0.15) is 0 Å². The molecule has 1 aliphatic rings. The van der Waals surface area contributed by atoms with Crippen molar-refractivity contribution in [1.29, 1.82) is 5.26 Å². The summed E-state index contributed by atoms with van der Waals surface area (Å²) in [6, 6.07) is 17.6. The highest BCUT2D eigenvalue weighted by atomic mass is 16.2. The molecule has 0 bridgehead atoms. The number of amides is 1. The molecule has 0 atom stereocenters. The fourth-order valence-corrected chi connectivity index (χ4v) is 3.71. The third-order valence-corrected chi connectivity index (χ3v) is 5.35. The van der Waals surface area contributed by atoms with Crippen LogP contribution in [0.15, 0.2) is 48.5 Å². The predicted octanol–water partition coefficient (Wildman–Crippen LogP) is 4.88. The highest BCUT2D eigenvalue weighted by molar-refractivity contribution is 6.01. The standard InChI is InChI=1S/C22H24N2O/c1-16-11-13-18(14-12-16)24(2)22(25)21-10-6-5-9-20(21)19-8-4-3-7-17(19)15-23/h3-10,16,18H,11-14H2,1-2H3. The number of nitrogens with zero attached hydrogens (tertiary/aromatic N) is 2. The van der Waals surface area contributed by atoms with Crippen LogP contribution in [-0.4, -0.2) is 23.9 Å². The fraction of sp³-hybridized carbons (Fsp3) is 0.364. The molecule has 0 spiro atoms. The zero-order valence-electron chi connectivity index (χ0n) is 14.9. The van der Waals surface area contributed by atoms with Crippen LogP contribution in [0.5, 0.6) is 0 Å². The maximum absolute atomic E-state index is 13.2. The molecule has 0 saturated heterocycles. The van der Waals surface area contributed by atoms with E-state index in [0.717, 1.165) is 29.9 Å². The summed E-state index contributed by atoms with van der Waals surface area (Å²) in [7, 11) is 1.91. The maximum atomic E-state index is 13.2. The number of rotatable bonds is 3. The SMILES string of the molecule is CC1CCC(N(C)C(=O)c2ccccc2-c2ccccc2C#N)CC1. The molecule has 1 saturated carbocycles. The lowest BCUT2D eigenvalue weighted by Gasteiger charge is -2.34. The number of benzene rings is 2. The Morgan fingerprint density at radius 3 is 2.28 bits per heavy atom. The van der Waals surface area contributed by atoms with Crippen molar-refractivity contribution < 1.29 is 4.79 Å². The zero-order valence-corrected chi connectivity index (χ0v) is 14.9. The van der Waals surface area contributed by atoms with Crippen LogP contribution < -0.4 is 0 Å². The molecule has 1 aliphatic carbocycles. The molecule has 0 N–H and O–H groups in total. The summed E-state index contributed by atoms with van der Waals surface area (Å²) < 4.78 is 0. The molecule has 1 amide bonds. The van der Waals surface area contributed by atoms with E-state index in [1.54, 1.807) is 6.07 Å². The minimum absolute atomic E-state index is 0.0443. The topological polar surface area (TPSA) is 44.1 Å². The van der Waals surface area contributed by atoms with Crippen LogP contribution >= 0.6 is 0 Å². The summed E-state index contributed by atoms with van der Waals surface area (Å²) in [5, 5.41) is 9.40. The van der Waals surface area contributed by atoms with Crippen molar-refractivity contribution in [3.8, 4) is 17.2 Å². The Kier molecular flexibility index (Phi) is 5.19. The minimum atomic E-state index is 0.0443. The third-order valence-electron chi connectivity index (χ3n) is 5.35. The highest BCUT2D eigenvalue weighted by Gasteiger charge is 2.26. The average molecular weight is 332 g/mol. The Morgan fingerprint density at radius 1 is 1.00 bits per heavy atom. The van der Waals surface area contributed by atoms with Crippen LogP contribution in [0, 0.1) is 17.2 Å². The van der Waals surface area contributed by atoms with E-state index >= 15 is 0 Å². The van der Waals surface area contributed by atoms with Gasteiger partial charge >= 0.3 is 0 Å². The first-order chi connectivity index (χ1) is 12.1. The third kappa shape index (κ3) is 3.58. The molecule has 128 valence electrons. The van der Waals surface area contributed by atoms with Crippen LogP contribution in [0.1, 0.15) is 48.5 Å². The summed E-state index contributed by atoms with van der Waals surface area (Å²) >= 11 is 0. The van der Waals surface area contributed by atoms with E-state index in [-0.39, 0.29) is 5.91 Å². The highest BCUT2D eigenvalue weighted by Crippen LogP contribution is 2.30. The van der Waals surface area contributed by atoms with Crippen LogP contribution in [0.2, 0.25) is 0 Å². The number of hydrogen-bond donors (Lipinski definition) is 0. The van der Waals surface area contributed by atoms with Gasteiger partial charge in [-0.2, -0.15) is 5.26 Å². The Balaban J connectivity index is 1.93. The minimum Gasteiger partial charge on any atom is -0.339 e. The van der Waals surface area contributed by atoms with Crippen molar-refractivity contribution in [2.45, 2.75) is 38.6 Å². The summed E-state index contributed by atoms with van der Waals surface area (Å²) in [4.78, 5) is 15.1. The molecule has 3 heteroatoms. The normalized spacial score (nSPS) is 19.9. The number of nitriles is 1. The average Bonchev–Trinajstić information content (AvgIpc) is 2.67. The van der Waals surface area contributed by atoms with Crippen molar-refractivity contribution in [3.05, 3.63) is 59.7 Å². The molecular formula is C22H24N2O. The summed E-state index contributed by atoms with van der Waals surface area (Å²) in [6.07, 6.45) is 4.50. The zero-order chi connectivity index (χ0) is 17.8. The van der Waals surface area contributed by atoms with Gasteiger partial charge in [0.25, 0.3) is 5.91 Å². The Hall–Kier alpha value is -2.60. The second-order valence-corrected chi connectivity index (χ2v) is 7.03. The number of carbonyl (C=O) groups is 1. The molecule has 25 heavy (non-hydrogen) atoms. The Labute approximate surface area is 149 Å². The van der Waals surface area contributed by atoms with Crippen LogP contribution in [-0.2, 0) is 0 Å². The lowest BCUT2D eigenvalue weighted by molar-refractivity contribution is 0.0680. The molecule has 0 heterocycles. The smallest absolute Gasteiger partial charge is 0.254 e. The monoisotopic (exact) mass is 332 g/mol. The first kappa shape index (κ1) is 17.2.